The first-order valence-corrected chi connectivity index (χ1v) is 32.9. The molecule has 1 amide bonds. The van der Waals surface area contributed by atoms with E-state index in [0.29, 0.717) is 25.9 Å². The third-order valence-electron chi connectivity index (χ3n) is 15.1. The molecule has 3 N–H and O–H groups in total. The van der Waals surface area contributed by atoms with Crippen LogP contribution in [0.15, 0.2) is 48.6 Å². The molecule has 0 saturated carbocycles. The summed E-state index contributed by atoms with van der Waals surface area (Å²) >= 11 is 0. The Morgan fingerprint density at radius 1 is 0.378 bits per heavy atom. The quantitative estimate of drug-likeness (QED) is 0.0320. The fraction of sp³-hybridized carbons (Fsp3) is 0.853. The lowest BCUT2D eigenvalue weighted by Crippen LogP contribution is -2.45. The molecule has 0 aromatic heterocycles. The van der Waals surface area contributed by atoms with E-state index in [1.54, 1.807) is 0 Å². The van der Waals surface area contributed by atoms with Gasteiger partial charge in [-0.15, -0.1) is 0 Å². The van der Waals surface area contributed by atoms with Gasteiger partial charge in [0.05, 0.1) is 25.4 Å². The van der Waals surface area contributed by atoms with Crippen molar-refractivity contribution in [1.29, 1.82) is 0 Å². The zero-order valence-electron chi connectivity index (χ0n) is 49.6. The number of ether oxygens (including phenoxy) is 1. The highest BCUT2D eigenvalue weighted by Gasteiger charge is 2.20. The summed E-state index contributed by atoms with van der Waals surface area (Å²) in [6, 6.07) is -0.541. The highest BCUT2D eigenvalue weighted by atomic mass is 16.5. The van der Waals surface area contributed by atoms with Crippen LogP contribution in [-0.2, 0) is 14.3 Å². The van der Waals surface area contributed by atoms with Gasteiger partial charge in [-0.25, -0.2) is 0 Å². The Bertz CT molecular complexity index is 1240. The van der Waals surface area contributed by atoms with Gasteiger partial charge in [-0.05, 0) is 89.9 Å². The minimum atomic E-state index is -0.663. The zero-order chi connectivity index (χ0) is 53.6. The minimum Gasteiger partial charge on any atom is -0.466 e. The van der Waals surface area contributed by atoms with Gasteiger partial charge < -0.3 is 20.3 Å². The van der Waals surface area contributed by atoms with E-state index in [9.17, 15) is 19.8 Å². The molecular weight excluding hydrogens is 911 g/mol. The van der Waals surface area contributed by atoms with Crippen LogP contribution < -0.4 is 5.32 Å². The average molecular weight is 1040 g/mol. The second kappa shape index (κ2) is 63.4. The van der Waals surface area contributed by atoms with Crippen LogP contribution in [0.5, 0.6) is 0 Å². The summed E-state index contributed by atoms with van der Waals surface area (Å²) < 4.78 is 5.50. The smallest absolute Gasteiger partial charge is 0.305 e. The molecule has 0 aromatic carbocycles. The summed E-state index contributed by atoms with van der Waals surface area (Å²) in [5, 5.41) is 23.1. The second-order valence-electron chi connectivity index (χ2n) is 22.4. The number of rotatable bonds is 61. The van der Waals surface area contributed by atoms with Crippen LogP contribution in [0.4, 0.5) is 0 Å². The molecule has 2 unspecified atom stereocenters. The van der Waals surface area contributed by atoms with Crippen molar-refractivity contribution in [2.45, 2.75) is 360 Å². The summed E-state index contributed by atoms with van der Waals surface area (Å²) in [5.74, 6) is -0.0300. The molecule has 2 atom stereocenters. The van der Waals surface area contributed by atoms with Crippen molar-refractivity contribution in [3.63, 3.8) is 0 Å². The zero-order valence-corrected chi connectivity index (χ0v) is 49.6. The number of esters is 1. The molecule has 74 heavy (non-hydrogen) atoms. The SMILES string of the molecule is CCCCC/C=C\C/C=C\CCCCCCCCCCCC(=O)OCCCCCCCCCCC/C=C\C/C=C\CCCCCCCCCCCCCCCC(=O)NC(CO)C(O)CCCCCCCCCCC. The van der Waals surface area contributed by atoms with E-state index in [1.165, 1.54) is 257 Å². The molecule has 6 nitrogen and oxygen atoms in total. The fourth-order valence-electron chi connectivity index (χ4n) is 10.1. The Balaban J connectivity index is 3.37. The largest absolute Gasteiger partial charge is 0.466 e. The molecule has 6 heteroatoms. The summed E-state index contributed by atoms with van der Waals surface area (Å²) in [4.78, 5) is 24.5. The number of hydrogen-bond acceptors (Lipinski definition) is 5. The van der Waals surface area contributed by atoms with Crippen molar-refractivity contribution in [1.82, 2.24) is 5.32 Å². The number of hydrogen-bond donors (Lipinski definition) is 3. The number of carbonyl (C=O) groups is 2. The van der Waals surface area contributed by atoms with Crippen LogP contribution >= 0.6 is 0 Å². The third-order valence-corrected chi connectivity index (χ3v) is 15.1. The van der Waals surface area contributed by atoms with Crippen LogP contribution in [0.25, 0.3) is 0 Å². The maximum absolute atomic E-state index is 12.4. The summed E-state index contributed by atoms with van der Waals surface area (Å²) in [6.45, 7) is 4.91. The molecule has 0 radical (unpaired) electrons. The van der Waals surface area contributed by atoms with Crippen LogP contribution in [0.2, 0.25) is 0 Å². The first kappa shape index (κ1) is 71.8. The van der Waals surface area contributed by atoms with Crippen molar-refractivity contribution in [3.05, 3.63) is 48.6 Å². The topological polar surface area (TPSA) is 95.9 Å². The van der Waals surface area contributed by atoms with Gasteiger partial charge >= 0.3 is 5.97 Å². The summed E-state index contributed by atoms with van der Waals surface area (Å²) in [5.41, 5.74) is 0. The van der Waals surface area contributed by atoms with E-state index in [-0.39, 0.29) is 18.5 Å². The average Bonchev–Trinajstić information content (AvgIpc) is 3.40. The van der Waals surface area contributed by atoms with Crippen LogP contribution in [0.1, 0.15) is 348 Å². The molecule has 0 aliphatic rings. The highest BCUT2D eigenvalue weighted by Crippen LogP contribution is 2.17. The monoisotopic (exact) mass is 1040 g/mol. The van der Waals surface area contributed by atoms with E-state index in [4.69, 9.17) is 4.74 Å². The summed E-state index contributed by atoms with van der Waals surface area (Å²) in [6.07, 6.45) is 81.5. The van der Waals surface area contributed by atoms with Crippen LogP contribution in [-0.4, -0.2) is 47.4 Å². The van der Waals surface area contributed by atoms with Crippen LogP contribution in [0, 0.1) is 0 Å². The first-order valence-electron chi connectivity index (χ1n) is 32.9. The van der Waals surface area contributed by atoms with Gasteiger partial charge in [-0.1, -0.05) is 294 Å². The number of unbranched alkanes of at least 4 members (excludes halogenated alkanes) is 42. The molecule has 0 saturated heterocycles. The molecule has 0 aliphatic carbocycles. The fourth-order valence-corrected chi connectivity index (χ4v) is 10.1. The lowest BCUT2D eigenvalue weighted by Gasteiger charge is -2.22. The Morgan fingerprint density at radius 2 is 0.676 bits per heavy atom. The lowest BCUT2D eigenvalue weighted by molar-refractivity contribution is -0.143. The van der Waals surface area contributed by atoms with Gasteiger partial charge in [0.25, 0.3) is 0 Å². The molecule has 0 aliphatic heterocycles. The van der Waals surface area contributed by atoms with Gasteiger partial charge in [-0.3, -0.25) is 9.59 Å². The number of amides is 1. The van der Waals surface area contributed by atoms with Gasteiger partial charge in [-0.2, -0.15) is 0 Å². The normalized spacial score (nSPS) is 12.9. The Kier molecular flexibility index (Phi) is 61.5. The molecule has 0 fully saturated rings. The number of aliphatic hydroxyl groups is 2. The van der Waals surface area contributed by atoms with Crippen molar-refractivity contribution in [3.8, 4) is 0 Å². The molecule has 0 heterocycles. The maximum Gasteiger partial charge on any atom is 0.305 e. The Hall–Kier alpha value is -2.18. The molecular formula is C68H127NO5. The van der Waals surface area contributed by atoms with E-state index in [1.807, 2.05) is 0 Å². The van der Waals surface area contributed by atoms with Gasteiger partial charge in [0.2, 0.25) is 5.91 Å². The van der Waals surface area contributed by atoms with Gasteiger partial charge in [0.15, 0.2) is 0 Å². The number of allylic oxidation sites excluding steroid dienone is 8. The Labute approximate surface area is 461 Å². The second-order valence-corrected chi connectivity index (χ2v) is 22.4. The van der Waals surface area contributed by atoms with Crippen molar-refractivity contribution < 1.29 is 24.5 Å². The van der Waals surface area contributed by atoms with Crippen molar-refractivity contribution >= 4 is 11.9 Å². The first-order chi connectivity index (χ1) is 36.5. The highest BCUT2D eigenvalue weighted by molar-refractivity contribution is 5.76. The van der Waals surface area contributed by atoms with E-state index >= 15 is 0 Å². The van der Waals surface area contributed by atoms with E-state index in [0.717, 1.165) is 57.8 Å². The molecule has 0 bridgehead atoms. The Morgan fingerprint density at radius 3 is 1.05 bits per heavy atom. The molecule has 0 spiro atoms. The predicted octanol–water partition coefficient (Wildman–Crippen LogP) is 20.9. The maximum atomic E-state index is 12.4. The van der Waals surface area contributed by atoms with Crippen molar-refractivity contribution in [2.75, 3.05) is 13.2 Å². The minimum absolute atomic E-state index is 0.00804. The number of nitrogens with one attached hydrogen (secondary N) is 1. The molecule has 0 rings (SSSR count). The lowest BCUT2D eigenvalue weighted by atomic mass is 10.0. The molecule has 0 aromatic rings. The van der Waals surface area contributed by atoms with Crippen molar-refractivity contribution in [2.24, 2.45) is 0 Å². The van der Waals surface area contributed by atoms with E-state index in [2.05, 4.69) is 67.8 Å². The van der Waals surface area contributed by atoms with Gasteiger partial charge in [0, 0.05) is 12.8 Å². The number of aliphatic hydroxyl groups excluding tert-OH is 2. The standard InChI is InChI=1S/C68H127NO5/c1-3-5-7-9-11-13-14-15-16-17-29-33-36-39-42-46-50-54-58-62-68(73)74-63-59-55-51-47-43-40-37-34-31-28-26-24-22-20-18-19-21-23-25-27-30-32-35-38-41-45-49-53-57-61-67(72)69-65(64-70)66(71)60-56-52-48-44-12-10-8-6-4-2/h11,13,15-16,18,20,24,26,65-66,70-71H,3-10,12,14,17,19,21-23,25,27-64H2,1-2H3,(H,69,72)/b13-11-,16-15-,20-18-,26-24-. The molecule has 434 valence electrons. The van der Waals surface area contributed by atoms with Gasteiger partial charge in [0.1, 0.15) is 0 Å². The van der Waals surface area contributed by atoms with E-state index < -0.39 is 12.1 Å². The predicted molar refractivity (Wildman–Crippen MR) is 324 cm³/mol. The van der Waals surface area contributed by atoms with Crippen LogP contribution in [0.3, 0.4) is 0 Å². The number of carbonyl (C=O) groups excluding carboxylic acids is 2. The summed E-state index contributed by atoms with van der Waals surface area (Å²) in [7, 11) is 0. The third kappa shape index (κ3) is 59.1.